The summed E-state index contributed by atoms with van der Waals surface area (Å²) < 4.78 is 14.1. The fraction of sp³-hybridized carbons (Fsp3) is 0.667. The highest BCUT2D eigenvalue weighted by molar-refractivity contribution is 9.10. The van der Waals surface area contributed by atoms with Crippen LogP contribution >= 0.6 is 15.9 Å². The van der Waals surface area contributed by atoms with Crippen LogP contribution < -0.4 is 5.32 Å². The summed E-state index contributed by atoms with van der Waals surface area (Å²) in [6, 6.07) is 5.64. The first-order valence-corrected chi connectivity index (χ1v) is 8.71. The first-order valence-electron chi connectivity index (χ1n) is 7.92. The van der Waals surface area contributed by atoms with Crippen LogP contribution in [0.4, 0.5) is 4.39 Å². The van der Waals surface area contributed by atoms with Crippen molar-refractivity contribution >= 4 is 15.9 Å². The van der Waals surface area contributed by atoms with E-state index in [2.05, 4.69) is 49.1 Å². The molecule has 0 aliphatic heterocycles. The third-order valence-corrected chi connectivity index (χ3v) is 5.81. The van der Waals surface area contributed by atoms with Gasteiger partial charge in [0.1, 0.15) is 5.82 Å². The molecule has 0 bridgehead atoms. The summed E-state index contributed by atoms with van der Waals surface area (Å²) in [7, 11) is 2.06. The Hall–Kier alpha value is -0.410. The largest absolute Gasteiger partial charge is 0.317 e. The summed E-state index contributed by atoms with van der Waals surface area (Å²) >= 11 is 3.51. The average molecular weight is 356 g/mol. The summed E-state index contributed by atoms with van der Waals surface area (Å²) in [5.74, 6) is 1.22. The molecule has 1 aliphatic carbocycles. The van der Waals surface area contributed by atoms with Crippen molar-refractivity contribution in [2.24, 2.45) is 17.3 Å². The fourth-order valence-corrected chi connectivity index (χ4v) is 4.14. The molecule has 1 saturated carbocycles. The third-order valence-electron chi connectivity index (χ3n) is 5.08. The molecule has 118 valence electrons. The van der Waals surface area contributed by atoms with Crippen LogP contribution in [-0.4, -0.2) is 13.1 Å². The molecular formula is C18H27BrFN. The van der Waals surface area contributed by atoms with Gasteiger partial charge in [0.2, 0.25) is 0 Å². The number of hydrogen-bond acceptors (Lipinski definition) is 1. The molecule has 0 saturated heterocycles. The molecule has 1 aromatic carbocycles. The predicted octanol–water partition coefficient (Wildman–Crippen LogP) is 5.18. The summed E-state index contributed by atoms with van der Waals surface area (Å²) in [5, 5.41) is 3.49. The van der Waals surface area contributed by atoms with Gasteiger partial charge in [0.05, 0.1) is 0 Å². The van der Waals surface area contributed by atoms with E-state index in [0.29, 0.717) is 17.4 Å². The molecule has 3 heteroatoms. The molecule has 1 aliphatic rings. The minimum atomic E-state index is -0.174. The molecule has 2 rings (SSSR count). The normalized spacial score (nSPS) is 26.9. The summed E-state index contributed by atoms with van der Waals surface area (Å²) in [6.45, 7) is 7.05. The molecule has 0 aromatic heterocycles. The van der Waals surface area contributed by atoms with Crippen molar-refractivity contribution in [3.8, 4) is 0 Å². The van der Waals surface area contributed by atoms with Crippen LogP contribution in [0.2, 0.25) is 0 Å². The van der Waals surface area contributed by atoms with Crippen LogP contribution in [0.25, 0.3) is 0 Å². The third kappa shape index (κ3) is 4.29. The summed E-state index contributed by atoms with van der Waals surface area (Å²) in [5.41, 5.74) is 1.59. The highest BCUT2D eigenvalue weighted by Gasteiger charge is 2.35. The second-order valence-corrected chi connectivity index (χ2v) is 8.33. The van der Waals surface area contributed by atoms with Crippen LogP contribution in [0, 0.1) is 23.1 Å². The van der Waals surface area contributed by atoms with Crippen molar-refractivity contribution in [3.05, 3.63) is 34.1 Å². The second kappa shape index (κ2) is 6.78. The Kier molecular flexibility index (Phi) is 5.48. The van der Waals surface area contributed by atoms with Gasteiger partial charge in [0.25, 0.3) is 0 Å². The van der Waals surface area contributed by atoms with Crippen LogP contribution in [0.1, 0.15) is 45.6 Å². The smallest absolute Gasteiger partial charge is 0.124 e. The quantitative estimate of drug-likeness (QED) is 0.787. The maximum Gasteiger partial charge on any atom is 0.124 e. The summed E-state index contributed by atoms with van der Waals surface area (Å²) in [4.78, 5) is 0. The molecule has 1 N–H and O–H groups in total. The Labute approximate surface area is 136 Å². The molecular weight excluding hydrogens is 329 g/mol. The molecule has 0 spiro atoms. The molecule has 0 amide bonds. The Morgan fingerprint density at radius 2 is 2.00 bits per heavy atom. The summed E-state index contributed by atoms with van der Waals surface area (Å²) in [6.07, 6.45) is 4.80. The number of hydrogen-bond donors (Lipinski definition) is 1. The molecule has 0 radical (unpaired) electrons. The lowest BCUT2D eigenvalue weighted by atomic mass is 9.66. The lowest BCUT2D eigenvalue weighted by Gasteiger charge is -2.42. The van der Waals surface area contributed by atoms with Crippen molar-refractivity contribution < 1.29 is 4.39 Å². The van der Waals surface area contributed by atoms with E-state index >= 15 is 0 Å². The minimum absolute atomic E-state index is 0.174. The van der Waals surface area contributed by atoms with Gasteiger partial charge in [-0.2, -0.15) is 0 Å². The molecule has 0 heterocycles. The van der Waals surface area contributed by atoms with E-state index in [1.54, 1.807) is 12.1 Å². The Bertz CT molecular complexity index is 481. The molecule has 21 heavy (non-hydrogen) atoms. The monoisotopic (exact) mass is 355 g/mol. The van der Waals surface area contributed by atoms with Gasteiger partial charge in [-0.25, -0.2) is 4.39 Å². The number of rotatable bonds is 3. The van der Waals surface area contributed by atoms with Gasteiger partial charge in [-0.15, -0.1) is 0 Å². The maximum absolute atomic E-state index is 13.2. The lowest BCUT2D eigenvalue weighted by Crippen LogP contribution is -2.42. The fourth-order valence-electron chi connectivity index (χ4n) is 3.63. The van der Waals surface area contributed by atoms with E-state index in [9.17, 15) is 4.39 Å². The van der Waals surface area contributed by atoms with Gasteiger partial charge in [-0.05, 0) is 67.7 Å². The first kappa shape index (κ1) is 17.0. The van der Waals surface area contributed by atoms with Crippen LogP contribution in [-0.2, 0) is 6.42 Å². The van der Waals surface area contributed by atoms with E-state index in [4.69, 9.17) is 0 Å². The number of halogens is 2. The number of nitrogens with one attached hydrogen (secondary N) is 1. The minimum Gasteiger partial charge on any atom is -0.317 e. The van der Waals surface area contributed by atoms with Crippen molar-refractivity contribution in [2.75, 3.05) is 7.05 Å². The average Bonchev–Trinajstić information content (AvgIpc) is 2.41. The first-order chi connectivity index (χ1) is 9.81. The van der Waals surface area contributed by atoms with Crippen molar-refractivity contribution in [1.82, 2.24) is 5.32 Å². The Morgan fingerprint density at radius 1 is 1.29 bits per heavy atom. The topological polar surface area (TPSA) is 12.0 Å². The van der Waals surface area contributed by atoms with Gasteiger partial charge in [0.15, 0.2) is 0 Å². The standard InChI is InChI=1S/C18H27BrFN/c1-18(2,3)14-6-8-17(21-4)13(10-14)9-12-5-7-15(20)11-16(12)19/h5,7,11,13-14,17,21H,6,8-10H2,1-4H3. The highest BCUT2D eigenvalue weighted by Crippen LogP contribution is 2.41. The van der Waals surface area contributed by atoms with E-state index in [0.717, 1.165) is 16.8 Å². The van der Waals surface area contributed by atoms with Gasteiger partial charge < -0.3 is 5.32 Å². The molecule has 1 nitrogen and oxygen atoms in total. The Morgan fingerprint density at radius 3 is 2.57 bits per heavy atom. The van der Waals surface area contributed by atoms with Crippen LogP contribution in [0.3, 0.4) is 0 Å². The molecule has 1 fully saturated rings. The zero-order valence-electron chi connectivity index (χ0n) is 13.5. The van der Waals surface area contributed by atoms with Crippen molar-refractivity contribution in [1.29, 1.82) is 0 Å². The Balaban J connectivity index is 2.14. The highest BCUT2D eigenvalue weighted by atomic mass is 79.9. The van der Waals surface area contributed by atoms with Crippen molar-refractivity contribution in [3.63, 3.8) is 0 Å². The van der Waals surface area contributed by atoms with Crippen LogP contribution in [0.15, 0.2) is 22.7 Å². The molecule has 3 atom stereocenters. The van der Waals surface area contributed by atoms with E-state index in [1.807, 2.05) is 6.07 Å². The zero-order valence-corrected chi connectivity index (χ0v) is 15.1. The van der Waals surface area contributed by atoms with Gasteiger partial charge in [0, 0.05) is 10.5 Å². The van der Waals surface area contributed by atoms with Crippen molar-refractivity contribution in [2.45, 2.75) is 52.5 Å². The SMILES string of the molecule is CNC1CCC(C(C)(C)C)CC1Cc1ccc(F)cc1Br. The van der Waals surface area contributed by atoms with Crippen LogP contribution in [0.5, 0.6) is 0 Å². The number of benzene rings is 1. The predicted molar refractivity (Wildman–Crippen MR) is 90.9 cm³/mol. The lowest BCUT2D eigenvalue weighted by molar-refractivity contribution is 0.116. The van der Waals surface area contributed by atoms with E-state index in [1.165, 1.54) is 24.8 Å². The van der Waals surface area contributed by atoms with Gasteiger partial charge in [-0.3, -0.25) is 0 Å². The van der Waals surface area contributed by atoms with Gasteiger partial charge >= 0.3 is 0 Å². The zero-order chi connectivity index (χ0) is 15.6. The molecule has 1 aromatic rings. The van der Waals surface area contributed by atoms with Gasteiger partial charge in [-0.1, -0.05) is 42.8 Å². The second-order valence-electron chi connectivity index (χ2n) is 7.47. The maximum atomic E-state index is 13.2. The van der Waals surface area contributed by atoms with E-state index in [-0.39, 0.29) is 5.82 Å². The van der Waals surface area contributed by atoms with E-state index < -0.39 is 0 Å². The molecule has 3 unspecified atom stereocenters.